The van der Waals surface area contributed by atoms with Crippen molar-refractivity contribution in [2.45, 2.75) is 70.4 Å². The molecule has 2 amide bonds. The number of fused-ring (bicyclic) bond motifs is 4. The first kappa shape index (κ1) is 23.5. The molecule has 0 radical (unpaired) electrons. The molecule has 7 heteroatoms. The van der Waals surface area contributed by atoms with E-state index in [2.05, 4.69) is 26.1 Å². The van der Waals surface area contributed by atoms with Crippen LogP contribution in [0, 0.1) is 11.3 Å². The highest BCUT2D eigenvalue weighted by Gasteiger charge is 2.78. The van der Waals surface area contributed by atoms with Crippen molar-refractivity contribution in [3.05, 3.63) is 58.6 Å². The minimum absolute atomic E-state index is 0.224. The second kappa shape index (κ2) is 7.12. The van der Waals surface area contributed by atoms with Gasteiger partial charge in [-0.1, -0.05) is 50.6 Å². The lowest BCUT2D eigenvalue weighted by Crippen LogP contribution is -2.57. The average molecular weight is 506 g/mol. The SMILES string of the molecule is CC(C)(C)OC(=O)N1C(=O)[C@@]2(c3ccccc31)[C@H](C(C)(C)C)C1=NCC[C@@]13c1cc(Cl)ccc1N[C@@H]23. The highest BCUT2D eigenvalue weighted by Crippen LogP contribution is 2.68. The summed E-state index contributed by atoms with van der Waals surface area (Å²) in [5.41, 5.74) is 2.03. The zero-order chi connectivity index (χ0) is 25.8. The second-order valence-corrected chi connectivity index (χ2v) is 13.0. The number of anilines is 2. The van der Waals surface area contributed by atoms with Crippen molar-refractivity contribution in [1.29, 1.82) is 0 Å². The number of carbonyl (C=O) groups is 2. The summed E-state index contributed by atoms with van der Waals surface area (Å²) in [4.78, 5) is 34.8. The van der Waals surface area contributed by atoms with Crippen LogP contribution in [0.4, 0.5) is 16.2 Å². The van der Waals surface area contributed by atoms with Crippen LogP contribution in [-0.2, 0) is 20.4 Å². The molecule has 0 saturated heterocycles. The number of ether oxygens (including phenoxy) is 1. The van der Waals surface area contributed by atoms with Gasteiger partial charge in [-0.15, -0.1) is 0 Å². The summed E-state index contributed by atoms with van der Waals surface area (Å²) in [6.45, 7) is 12.6. The Labute approximate surface area is 217 Å². The van der Waals surface area contributed by atoms with Crippen LogP contribution in [-0.4, -0.2) is 35.9 Å². The largest absolute Gasteiger partial charge is 0.443 e. The standard InChI is InChI=1S/C29H32ClN3O3/c1-26(2,3)21-22-28(13-14-31-22)18-15-16(30)11-12-19(18)32-23(28)29(21)17-9-7-8-10-20(17)33(24(29)34)25(35)36-27(4,5)6/h7-12,15,21,23,32H,13-14H2,1-6H3/t21-,23+,28+,29-/m0/s1. The van der Waals surface area contributed by atoms with E-state index in [1.165, 1.54) is 4.90 Å². The third kappa shape index (κ3) is 2.77. The van der Waals surface area contributed by atoms with E-state index >= 15 is 0 Å². The van der Waals surface area contributed by atoms with E-state index < -0.39 is 22.5 Å². The number of hydrogen-bond acceptors (Lipinski definition) is 5. The molecule has 0 bridgehead atoms. The van der Waals surface area contributed by atoms with E-state index in [0.29, 0.717) is 17.3 Å². The normalized spacial score (nSPS) is 30.0. The van der Waals surface area contributed by atoms with E-state index in [-0.39, 0.29) is 23.3 Å². The van der Waals surface area contributed by atoms with Crippen LogP contribution in [0.2, 0.25) is 5.02 Å². The molecule has 6 rings (SSSR count). The van der Waals surface area contributed by atoms with Gasteiger partial charge in [0.2, 0.25) is 5.91 Å². The first-order chi connectivity index (χ1) is 16.8. The highest BCUT2D eigenvalue weighted by molar-refractivity contribution is 6.31. The number of nitrogens with zero attached hydrogens (tertiary/aromatic N) is 2. The molecule has 1 aliphatic carbocycles. The molecule has 3 aliphatic heterocycles. The fourth-order valence-corrected chi connectivity index (χ4v) is 7.61. The van der Waals surface area contributed by atoms with Gasteiger partial charge in [-0.3, -0.25) is 9.79 Å². The average Bonchev–Trinajstić information content (AvgIpc) is 3.44. The Morgan fingerprint density at radius 3 is 2.53 bits per heavy atom. The maximum atomic E-state index is 14.9. The minimum Gasteiger partial charge on any atom is -0.443 e. The molecule has 1 N–H and O–H groups in total. The van der Waals surface area contributed by atoms with Crippen molar-refractivity contribution in [2.75, 3.05) is 16.8 Å². The number of nitrogens with one attached hydrogen (secondary N) is 1. The Morgan fingerprint density at radius 1 is 1.11 bits per heavy atom. The van der Waals surface area contributed by atoms with E-state index in [1.54, 1.807) is 0 Å². The number of aliphatic imine (C=N–C) groups is 1. The van der Waals surface area contributed by atoms with Gasteiger partial charge in [0.25, 0.3) is 0 Å². The summed E-state index contributed by atoms with van der Waals surface area (Å²) in [6.07, 6.45) is 0.153. The Bertz CT molecular complexity index is 1350. The van der Waals surface area contributed by atoms with Crippen molar-refractivity contribution in [1.82, 2.24) is 0 Å². The quantitative estimate of drug-likeness (QED) is 0.468. The minimum atomic E-state index is -1.03. The van der Waals surface area contributed by atoms with Gasteiger partial charge < -0.3 is 10.1 Å². The molecule has 2 aromatic carbocycles. The van der Waals surface area contributed by atoms with Gasteiger partial charge in [-0.05, 0) is 68.0 Å². The zero-order valence-electron chi connectivity index (χ0n) is 21.6. The number of halogens is 1. The van der Waals surface area contributed by atoms with Crippen molar-refractivity contribution in [2.24, 2.45) is 16.3 Å². The molecule has 4 atom stereocenters. The Balaban J connectivity index is 1.65. The van der Waals surface area contributed by atoms with Crippen LogP contribution < -0.4 is 10.2 Å². The Hall–Kier alpha value is -2.86. The van der Waals surface area contributed by atoms with Gasteiger partial charge >= 0.3 is 6.09 Å². The predicted octanol–water partition coefficient (Wildman–Crippen LogP) is 6.11. The van der Waals surface area contributed by atoms with Gasteiger partial charge in [-0.2, -0.15) is 0 Å². The molecule has 0 aromatic heterocycles. The number of carbonyl (C=O) groups excluding carboxylic acids is 2. The molecule has 2 spiro atoms. The predicted molar refractivity (Wildman–Crippen MR) is 142 cm³/mol. The van der Waals surface area contributed by atoms with Crippen LogP contribution in [0.5, 0.6) is 0 Å². The molecule has 188 valence electrons. The van der Waals surface area contributed by atoms with Crippen molar-refractivity contribution in [3.63, 3.8) is 0 Å². The van der Waals surface area contributed by atoms with Gasteiger partial charge in [0, 0.05) is 28.9 Å². The lowest BCUT2D eigenvalue weighted by atomic mass is 9.61. The molecule has 3 heterocycles. The fourth-order valence-electron chi connectivity index (χ4n) is 7.43. The van der Waals surface area contributed by atoms with E-state index in [0.717, 1.165) is 28.9 Å². The van der Waals surface area contributed by atoms with Crippen LogP contribution >= 0.6 is 11.6 Å². The topological polar surface area (TPSA) is 71.0 Å². The molecule has 0 unspecified atom stereocenters. The summed E-state index contributed by atoms with van der Waals surface area (Å²) < 4.78 is 5.75. The monoisotopic (exact) mass is 505 g/mol. The van der Waals surface area contributed by atoms with Gasteiger partial charge in [0.15, 0.2) is 0 Å². The Morgan fingerprint density at radius 2 is 1.83 bits per heavy atom. The number of imide groups is 1. The number of amides is 2. The number of rotatable bonds is 0. The molecular formula is C29H32ClN3O3. The molecule has 2 aromatic rings. The van der Waals surface area contributed by atoms with Crippen molar-refractivity contribution < 1.29 is 14.3 Å². The number of hydrogen-bond donors (Lipinski definition) is 1. The lowest BCUT2D eigenvalue weighted by Gasteiger charge is -2.42. The van der Waals surface area contributed by atoms with Crippen LogP contribution in [0.1, 0.15) is 59.1 Å². The lowest BCUT2D eigenvalue weighted by molar-refractivity contribution is -0.125. The van der Waals surface area contributed by atoms with E-state index in [4.69, 9.17) is 21.3 Å². The van der Waals surface area contributed by atoms with Crippen LogP contribution in [0.3, 0.4) is 0 Å². The molecule has 1 fully saturated rings. The summed E-state index contributed by atoms with van der Waals surface area (Å²) in [5, 5.41) is 4.43. The van der Waals surface area contributed by atoms with Crippen molar-refractivity contribution in [3.8, 4) is 0 Å². The summed E-state index contributed by atoms with van der Waals surface area (Å²) >= 11 is 6.51. The van der Waals surface area contributed by atoms with Gasteiger partial charge in [0.05, 0.1) is 17.1 Å². The Kier molecular flexibility index (Phi) is 4.66. The molecule has 1 saturated carbocycles. The maximum absolute atomic E-state index is 14.9. The molecule has 36 heavy (non-hydrogen) atoms. The van der Waals surface area contributed by atoms with Crippen LogP contribution in [0.15, 0.2) is 47.5 Å². The number of para-hydroxylation sites is 1. The third-order valence-corrected chi connectivity index (χ3v) is 8.51. The summed E-state index contributed by atoms with van der Waals surface area (Å²) in [5.74, 6) is -0.469. The second-order valence-electron chi connectivity index (χ2n) is 12.6. The molecule has 6 nitrogen and oxygen atoms in total. The van der Waals surface area contributed by atoms with E-state index in [1.807, 2.05) is 63.2 Å². The van der Waals surface area contributed by atoms with E-state index in [9.17, 15) is 9.59 Å². The van der Waals surface area contributed by atoms with Crippen LogP contribution in [0.25, 0.3) is 0 Å². The maximum Gasteiger partial charge on any atom is 0.421 e. The zero-order valence-corrected chi connectivity index (χ0v) is 22.4. The van der Waals surface area contributed by atoms with Gasteiger partial charge in [0.1, 0.15) is 11.0 Å². The smallest absolute Gasteiger partial charge is 0.421 e. The number of benzene rings is 2. The van der Waals surface area contributed by atoms with Gasteiger partial charge in [-0.25, -0.2) is 9.69 Å². The third-order valence-electron chi connectivity index (χ3n) is 8.27. The van der Waals surface area contributed by atoms with Crippen molar-refractivity contribution >= 4 is 40.7 Å². The first-order valence-electron chi connectivity index (χ1n) is 12.6. The first-order valence-corrected chi connectivity index (χ1v) is 13.0. The highest BCUT2D eigenvalue weighted by atomic mass is 35.5. The molecular weight excluding hydrogens is 474 g/mol. The summed E-state index contributed by atoms with van der Waals surface area (Å²) in [7, 11) is 0. The fraction of sp³-hybridized carbons (Fsp3) is 0.483. The molecule has 4 aliphatic rings. The summed E-state index contributed by atoms with van der Waals surface area (Å²) in [6, 6.07) is 13.3.